The molecule has 18 heavy (non-hydrogen) atoms. The summed E-state index contributed by atoms with van der Waals surface area (Å²) in [6.07, 6.45) is 0.469. The van der Waals surface area contributed by atoms with Gasteiger partial charge >= 0.3 is 5.97 Å². The molecule has 0 saturated heterocycles. The molecule has 0 heterocycles. The number of fused-ring (bicyclic) bond motifs is 1. The lowest BCUT2D eigenvalue weighted by atomic mass is 10.1. The molecule has 0 fully saturated rings. The van der Waals surface area contributed by atoms with Crippen molar-refractivity contribution in [3.05, 3.63) is 55.1 Å². The summed E-state index contributed by atoms with van der Waals surface area (Å²) in [6, 6.07) is 13.7. The summed E-state index contributed by atoms with van der Waals surface area (Å²) in [6.45, 7) is 4.99. The largest absolute Gasteiger partial charge is 0.455 e. The van der Waals surface area contributed by atoms with Crippen LogP contribution in [-0.2, 0) is 9.53 Å². The second-order valence-electron chi connectivity index (χ2n) is 3.84. The van der Waals surface area contributed by atoms with Crippen molar-refractivity contribution in [1.82, 2.24) is 0 Å². The van der Waals surface area contributed by atoms with Gasteiger partial charge in [-0.3, -0.25) is 0 Å². The van der Waals surface area contributed by atoms with E-state index in [-0.39, 0.29) is 0 Å². The zero-order valence-corrected chi connectivity index (χ0v) is 10.1. The SMILES string of the molecule is C=CC(=O)OC(C)Oc1ccc2ccccc2c1. The fourth-order valence-electron chi connectivity index (χ4n) is 1.67. The summed E-state index contributed by atoms with van der Waals surface area (Å²) in [5.41, 5.74) is 0. The first-order valence-electron chi connectivity index (χ1n) is 5.67. The molecule has 0 aliphatic heterocycles. The average Bonchev–Trinajstić information content (AvgIpc) is 2.38. The first-order chi connectivity index (χ1) is 8.69. The quantitative estimate of drug-likeness (QED) is 0.469. The standard InChI is InChI=1S/C15H14O3/c1-3-15(16)18-11(2)17-14-9-8-12-6-4-5-7-13(12)10-14/h3-11H,1H2,2H3. The van der Waals surface area contributed by atoms with Gasteiger partial charge in [0.2, 0.25) is 6.29 Å². The maximum Gasteiger partial charge on any atom is 0.333 e. The Morgan fingerprint density at radius 2 is 1.94 bits per heavy atom. The van der Waals surface area contributed by atoms with Crippen LogP contribution < -0.4 is 4.74 Å². The van der Waals surface area contributed by atoms with E-state index in [2.05, 4.69) is 6.58 Å². The van der Waals surface area contributed by atoms with Gasteiger partial charge in [-0.25, -0.2) is 4.79 Å². The molecule has 0 amide bonds. The van der Waals surface area contributed by atoms with Crippen LogP contribution in [-0.4, -0.2) is 12.3 Å². The number of ether oxygens (including phenoxy) is 2. The molecule has 0 aromatic heterocycles. The van der Waals surface area contributed by atoms with Crippen molar-refractivity contribution in [2.45, 2.75) is 13.2 Å². The van der Waals surface area contributed by atoms with E-state index in [1.54, 1.807) is 6.92 Å². The number of carbonyl (C=O) groups excluding carboxylic acids is 1. The maximum absolute atomic E-state index is 11.0. The van der Waals surface area contributed by atoms with Crippen LogP contribution >= 0.6 is 0 Å². The predicted molar refractivity (Wildman–Crippen MR) is 70.3 cm³/mol. The van der Waals surface area contributed by atoms with Gasteiger partial charge in [0.15, 0.2) is 0 Å². The molecule has 0 aliphatic rings. The van der Waals surface area contributed by atoms with Crippen molar-refractivity contribution < 1.29 is 14.3 Å². The highest BCUT2D eigenvalue weighted by atomic mass is 16.7. The van der Waals surface area contributed by atoms with Crippen LogP contribution in [0.2, 0.25) is 0 Å². The molecular formula is C15H14O3. The Kier molecular flexibility index (Phi) is 3.63. The first-order valence-corrected chi connectivity index (χ1v) is 5.67. The monoisotopic (exact) mass is 242 g/mol. The topological polar surface area (TPSA) is 35.5 Å². The molecule has 0 aliphatic carbocycles. The predicted octanol–water partition coefficient (Wildman–Crippen LogP) is 3.29. The Hall–Kier alpha value is -2.29. The van der Waals surface area contributed by atoms with Crippen molar-refractivity contribution >= 4 is 16.7 Å². The summed E-state index contributed by atoms with van der Waals surface area (Å²) in [5.74, 6) is 0.168. The summed E-state index contributed by atoms with van der Waals surface area (Å²) in [7, 11) is 0. The highest BCUT2D eigenvalue weighted by Gasteiger charge is 2.07. The van der Waals surface area contributed by atoms with Crippen molar-refractivity contribution in [3.63, 3.8) is 0 Å². The molecule has 0 bridgehead atoms. The van der Waals surface area contributed by atoms with Crippen LogP contribution in [0.1, 0.15) is 6.92 Å². The second kappa shape index (κ2) is 5.36. The normalized spacial score (nSPS) is 11.8. The van der Waals surface area contributed by atoms with Gasteiger partial charge < -0.3 is 9.47 Å². The van der Waals surface area contributed by atoms with Gasteiger partial charge in [-0.15, -0.1) is 0 Å². The van der Waals surface area contributed by atoms with Gasteiger partial charge in [-0.1, -0.05) is 36.9 Å². The molecule has 0 N–H and O–H groups in total. The highest BCUT2D eigenvalue weighted by Crippen LogP contribution is 2.21. The summed E-state index contributed by atoms with van der Waals surface area (Å²) >= 11 is 0. The Bertz CT molecular complexity index is 575. The summed E-state index contributed by atoms with van der Waals surface area (Å²) in [4.78, 5) is 11.0. The van der Waals surface area contributed by atoms with E-state index in [0.29, 0.717) is 5.75 Å². The van der Waals surface area contributed by atoms with Gasteiger partial charge in [0, 0.05) is 13.0 Å². The highest BCUT2D eigenvalue weighted by molar-refractivity contribution is 5.83. The zero-order chi connectivity index (χ0) is 13.0. The van der Waals surface area contributed by atoms with Gasteiger partial charge in [0.25, 0.3) is 0 Å². The number of rotatable bonds is 4. The molecule has 2 aromatic rings. The minimum Gasteiger partial charge on any atom is -0.455 e. The number of esters is 1. The van der Waals surface area contributed by atoms with Crippen molar-refractivity contribution in [3.8, 4) is 5.75 Å². The molecule has 3 nitrogen and oxygen atoms in total. The van der Waals surface area contributed by atoms with Crippen LogP contribution in [0.25, 0.3) is 10.8 Å². The fraction of sp³-hybridized carbons (Fsp3) is 0.133. The summed E-state index contributed by atoms with van der Waals surface area (Å²) in [5, 5.41) is 2.22. The number of carbonyl (C=O) groups is 1. The lowest BCUT2D eigenvalue weighted by Crippen LogP contribution is -2.19. The van der Waals surface area contributed by atoms with Crippen molar-refractivity contribution in [2.24, 2.45) is 0 Å². The number of benzene rings is 2. The molecule has 2 aromatic carbocycles. The third kappa shape index (κ3) is 2.88. The van der Waals surface area contributed by atoms with E-state index >= 15 is 0 Å². The minimum absolute atomic E-state index is 0.497. The van der Waals surface area contributed by atoms with Gasteiger partial charge in [0.05, 0.1) is 0 Å². The third-order valence-corrected chi connectivity index (χ3v) is 2.47. The molecular weight excluding hydrogens is 228 g/mol. The van der Waals surface area contributed by atoms with E-state index in [1.165, 1.54) is 0 Å². The first kappa shape index (κ1) is 12.2. The summed E-state index contributed by atoms with van der Waals surface area (Å²) < 4.78 is 10.4. The molecule has 2 rings (SSSR count). The van der Waals surface area contributed by atoms with E-state index in [9.17, 15) is 4.79 Å². The smallest absolute Gasteiger partial charge is 0.333 e. The van der Waals surface area contributed by atoms with Crippen LogP contribution in [0, 0.1) is 0 Å². The molecule has 0 radical (unpaired) electrons. The Morgan fingerprint density at radius 3 is 2.67 bits per heavy atom. The average molecular weight is 242 g/mol. The fourth-order valence-corrected chi connectivity index (χ4v) is 1.67. The molecule has 0 spiro atoms. The van der Waals surface area contributed by atoms with Crippen LogP contribution in [0.4, 0.5) is 0 Å². The molecule has 0 saturated carbocycles. The van der Waals surface area contributed by atoms with E-state index in [4.69, 9.17) is 9.47 Å². The van der Waals surface area contributed by atoms with Gasteiger partial charge in [0.1, 0.15) is 5.75 Å². The Morgan fingerprint density at radius 1 is 1.22 bits per heavy atom. The number of hydrogen-bond donors (Lipinski definition) is 0. The van der Waals surface area contributed by atoms with Gasteiger partial charge in [-0.2, -0.15) is 0 Å². The van der Waals surface area contributed by atoms with Crippen molar-refractivity contribution in [2.75, 3.05) is 0 Å². The van der Waals surface area contributed by atoms with Crippen molar-refractivity contribution in [1.29, 1.82) is 0 Å². The lowest BCUT2D eigenvalue weighted by Gasteiger charge is -2.14. The molecule has 3 heteroatoms. The Balaban J connectivity index is 2.11. The lowest BCUT2D eigenvalue weighted by molar-refractivity contribution is -0.154. The van der Waals surface area contributed by atoms with E-state index in [0.717, 1.165) is 16.8 Å². The van der Waals surface area contributed by atoms with Crippen LogP contribution in [0.15, 0.2) is 55.1 Å². The van der Waals surface area contributed by atoms with E-state index < -0.39 is 12.3 Å². The molecule has 92 valence electrons. The van der Waals surface area contributed by atoms with Crippen LogP contribution in [0.3, 0.4) is 0 Å². The molecule has 1 atom stereocenters. The maximum atomic E-state index is 11.0. The minimum atomic E-state index is -0.642. The Labute approximate surface area is 106 Å². The zero-order valence-electron chi connectivity index (χ0n) is 10.1. The second-order valence-corrected chi connectivity index (χ2v) is 3.84. The van der Waals surface area contributed by atoms with E-state index in [1.807, 2.05) is 42.5 Å². The molecule has 1 unspecified atom stereocenters. The van der Waals surface area contributed by atoms with Gasteiger partial charge in [-0.05, 0) is 22.9 Å². The number of hydrogen-bond acceptors (Lipinski definition) is 3. The third-order valence-electron chi connectivity index (χ3n) is 2.47. The van der Waals surface area contributed by atoms with Crippen LogP contribution in [0.5, 0.6) is 5.75 Å².